The smallest absolute Gasteiger partial charge is 0.139 e. The normalized spacial score (nSPS) is 10.2. The molecule has 4 nitrogen and oxygen atoms in total. The van der Waals surface area contributed by atoms with Gasteiger partial charge in [0.25, 0.3) is 0 Å². The molecule has 0 unspecified atom stereocenters. The van der Waals surface area contributed by atoms with Crippen LogP contribution in [0.3, 0.4) is 0 Å². The molecule has 2 aromatic rings. The lowest BCUT2D eigenvalue weighted by molar-refractivity contribution is 1.03. The zero-order chi connectivity index (χ0) is 13.1. The monoisotopic (exact) mass is 242 g/mol. The van der Waals surface area contributed by atoms with E-state index >= 15 is 0 Å². The fourth-order valence-corrected chi connectivity index (χ4v) is 1.83. The number of para-hydroxylation sites is 1. The molecule has 0 spiro atoms. The summed E-state index contributed by atoms with van der Waals surface area (Å²) in [5.74, 6) is 2.46. The van der Waals surface area contributed by atoms with E-state index < -0.39 is 0 Å². The van der Waals surface area contributed by atoms with Crippen LogP contribution in [0.25, 0.3) is 0 Å². The fourth-order valence-electron chi connectivity index (χ4n) is 1.83. The first-order valence-corrected chi connectivity index (χ1v) is 5.97. The fraction of sp³-hybridized carbons (Fsp3) is 0.286. The minimum absolute atomic E-state index is 0.751. The van der Waals surface area contributed by atoms with Crippen LogP contribution in [0.2, 0.25) is 0 Å². The van der Waals surface area contributed by atoms with E-state index in [4.69, 9.17) is 0 Å². The van der Waals surface area contributed by atoms with Crippen molar-refractivity contribution in [1.29, 1.82) is 0 Å². The third kappa shape index (κ3) is 2.42. The topological polar surface area (TPSA) is 49.8 Å². The molecule has 0 bridgehead atoms. The lowest BCUT2D eigenvalue weighted by Crippen LogP contribution is -2.05. The molecule has 0 aliphatic carbocycles. The van der Waals surface area contributed by atoms with Crippen LogP contribution in [0.1, 0.15) is 17.0 Å². The van der Waals surface area contributed by atoms with Gasteiger partial charge in [0.05, 0.1) is 0 Å². The second-order valence-electron chi connectivity index (χ2n) is 4.28. The summed E-state index contributed by atoms with van der Waals surface area (Å²) >= 11 is 0. The van der Waals surface area contributed by atoms with Crippen LogP contribution in [0.4, 0.5) is 17.3 Å². The van der Waals surface area contributed by atoms with E-state index in [1.807, 2.05) is 39.1 Å². The van der Waals surface area contributed by atoms with Gasteiger partial charge in [-0.3, -0.25) is 0 Å². The maximum absolute atomic E-state index is 4.46. The summed E-state index contributed by atoms with van der Waals surface area (Å²) < 4.78 is 0. The largest absolute Gasteiger partial charge is 0.373 e. The molecule has 0 aliphatic heterocycles. The first-order valence-electron chi connectivity index (χ1n) is 5.97. The molecule has 94 valence electrons. The predicted octanol–water partition coefficient (Wildman–Crippen LogP) is 3.19. The van der Waals surface area contributed by atoms with Gasteiger partial charge in [0, 0.05) is 18.3 Å². The lowest BCUT2D eigenvalue weighted by Gasteiger charge is -2.13. The van der Waals surface area contributed by atoms with E-state index in [2.05, 4.69) is 33.6 Å². The highest BCUT2D eigenvalue weighted by atomic mass is 15.1. The molecule has 2 rings (SSSR count). The van der Waals surface area contributed by atoms with Gasteiger partial charge in [-0.15, -0.1) is 0 Å². The Balaban J connectivity index is 2.40. The first-order chi connectivity index (χ1) is 8.61. The number of hydrogen-bond acceptors (Lipinski definition) is 4. The number of anilines is 3. The summed E-state index contributed by atoms with van der Waals surface area (Å²) in [4.78, 5) is 8.81. The van der Waals surface area contributed by atoms with Crippen molar-refractivity contribution < 1.29 is 0 Å². The molecule has 2 N–H and O–H groups in total. The van der Waals surface area contributed by atoms with Crippen LogP contribution in [0, 0.1) is 20.8 Å². The van der Waals surface area contributed by atoms with Crippen molar-refractivity contribution in [3.8, 4) is 0 Å². The van der Waals surface area contributed by atoms with Crippen LogP contribution >= 0.6 is 0 Å². The van der Waals surface area contributed by atoms with E-state index in [1.54, 1.807) is 0 Å². The van der Waals surface area contributed by atoms with Crippen LogP contribution in [0.5, 0.6) is 0 Å². The predicted molar refractivity (Wildman–Crippen MR) is 75.5 cm³/mol. The SMILES string of the molecule is CNc1nc(C)nc(Nc2ccccc2C)c1C. The number of aromatic nitrogens is 2. The highest BCUT2D eigenvalue weighted by Crippen LogP contribution is 2.24. The molecule has 18 heavy (non-hydrogen) atoms. The Hall–Kier alpha value is -2.10. The standard InChI is InChI=1S/C14H18N4/c1-9-7-5-6-8-12(9)18-14-10(2)13(15-4)16-11(3)17-14/h5-8H,1-4H3,(H2,15,16,17,18). The second-order valence-corrected chi connectivity index (χ2v) is 4.28. The van der Waals surface area contributed by atoms with Crippen molar-refractivity contribution in [1.82, 2.24) is 9.97 Å². The molecule has 1 aromatic heterocycles. The molecule has 0 saturated carbocycles. The minimum atomic E-state index is 0.751. The number of hydrogen-bond donors (Lipinski definition) is 2. The van der Waals surface area contributed by atoms with Gasteiger partial charge < -0.3 is 10.6 Å². The zero-order valence-electron chi connectivity index (χ0n) is 11.2. The highest BCUT2D eigenvalue weighted by Gasteiger charge is 2.08. The van der Waals surface area contributed by atoms with Crippen LogP contribution in [0.15, 0.2) is 24.3 Å². The average Bonchev–Trinajstić information content (AvgIpc) is 2.36. The van der Waals surface area contributed by atoms with E-state index in [0.717, 1.165) is 28.7 Å². The molecule has 1 aromatic carbocycles. The van der Waals surface area contributed by atoms with Gasteiger partial charge in [-0.25, -0.2) is 9.97 Å². The third-order valence-corrected chi connectivity index (χ3v) is 2.89. The number of rotatable bonds is 3. The van der Waals surface area contributed by atoms with Crippen molar-refractivity contribution in [3.63, 3.8) is 0 Å². The van der Waals surface area contributed by atoms with Gasteiger partial charge in [-0.1, -0.05) is 18.2 Å². The molecule has 0 radical (unpaired) electrons. The van der Waals surface area contributed by atoms with Crippen molar-refractivity contribution in [2.45, 2.75) is 20.8 Å². The summed E-state index contributed by atoms with van der Waals surface area (Å²) in [6.45, 7) is 5.97. The van der Waals surface area contributed by atoms with Crippen LogP contribution in [-0.2, 0) is 0 Å². The van der Waals surface area contributed by atoms with Gasteiger partial charge >= 0.3 is 0 Å². The molecule has 0 saturated heterocycles. The van der Waals surface area contributed by atoms with Crippen LogP contribution < -0.4 is 10.6 Å². The Morgan fingerprint density at radius 2 is 1.61 bits per heavy atom. The van der Waals surface area contributed by atoms with Gasteiger partial charge in [-0.2, -0.15) is 0 Å². The number of nitrogens with one attached hydrogen (secondary N) is 2. The third-order valence-electron chi connectivity index (χ3n) is 2.89. The maximum atomic E-state index is 4.46. The number of nitrogens with zero attached hydrogens (tertiary/aromatic N) is 2. The van der Waals surface area contributed by atoms with E-state index in [1.165, 1.54) is 5.56 Å². The molecule has 0 amide bonds. The lowest BCUT2D eigenvalue weighted by atomic mass is 10.2. The molecule has 1 heterocycles. The Morgan fingerprint density at radius 3 is 2.28 bits per heavy atom. The van der Waals surface area contributed by atoms with E-state index in [-0.39, 0.29) is 0 Å². The zero-order valence-corrected chi connectivity index (χ0v) is 11.2. The highest BCUT2D eigenvalue weighted by molar-refractivity contribution is 5.66. The first kappa shape index (κ1) is 12.4. The quantitative estimate of drug-likeness (QED) is 0.868. The Bertz CT molecular complexity index is 564. The Morgan fingerprint density at radius 1 is 0.944 bits per heavy atom. The van der Waals surface area contributed by atoms with Gasteiger partial charge in [0.1, 0.15) is 17.5 Å². The minimum Gasteiger partial charge on any atom is -0.373 e. The second kappa shape index (κ2) is 5.04. The van der Waals surface area contributed by atoms with Crippen molar-refractivity contribution in [3.05, 3.63) is 41.2 Å². The molecular formula is C14H18N4. The Labute approximate surface area is 107 Å². The number of aryl methyl sites for hydroxylation is 2. The molecule has 4 heteroatoms. The summed E-state index contributed by atoms with van der Waals surface area (Å²) in [6.07, 6.45) is 0. The van der Waals surface area contributed by atoms with Crippen LogP contribution in [-0.4, -0.2) is 17.0 Å². The van der Waals surface area contributed by atoms with E-state index in [0.29, 0.717) is 0 Å². The molecule has 0 aliphatic rings. The Kier molecular flexibility index (Phi) is 3.46. The molecule has 0 fully saturated rings. The molecular weight excluding hydrogens is 224 g/mol. The molecule has 0 atom stereocenters. The van der Waals surface area contributed by atoms with Crippen molar-refractivity contribution in [2.75, 3.05) is 17.7 Å². The summed E-state index contributed by atoms with van der Waals surface area (Å²) in [5, 5.41) is 6.45. The van der Waals surface area contributed by atoms with Crippen molar-refractivity contribution >= 4 is 17.3 Å². The van der Waals surface area contributed by atoms with Crippen molar-refractivity contribution in [2.24, 2.45) is 0 Å². The van der Waals surface area contributed by atoms with Gasteiger partial charge in [0.15, 0.2) is 0 Å². The van der Waals surface area contributed by atoms with Gasteiger partial charge in [-0.05, 0) is 32.4 Å². The summed E-state index contributed by atoms with van der Waals surface area (Å²) in [5.41, 5.74) is 3.28. The van der Waals surface area contributed by atoms with Gasteiger partial charge in [0.2, 0.25) is 0 Å². The maximum Gasteiger partial charge on any atom is 0.139 e. The average molecular weight is 242 g/mol. The van der Waals surface area contributed by atoms with E-state index in [9.17, 15) is 0 Å². The number of benzene rings is 1. The summed E-state index contributed by atoms with van der Waals surface area (Å²) in [6, 6.07) is 8.16. The summed E-state index contributed by atoms with van der Waals surface area (Å²) in [7, 11) is 1.87.